The van der Waals surface area contributed by atoms with Crippen LogP contribution < -0.4 is 0 Å². The summed E-state index contributed by atoms with van der Waals surface area (Å²) in [4.78, 5) is 31.2. The van der Waals surface area contributed by atoms with E-state index in [0.29, 0.717) is 6.54 Å². The van der Waals surface area contributed by atoms with Crippen molar-refractivity contribution >= 4 is 12.0 Å². The molecule has 0 aromatic carbocycles. The second-order valence-electron chi connectivity index (χ2n) is 8.83. The Balaban J connectivity index is 1.61. The van der Waals surface area contributed by atoms with Gasteiger partial charge in [0.15, 0.2) is 0 Å². The quantitative estimate of drug-likeness (QED) is 0.734. The van der Waals surface area contributed by atoms with Gasteiger partial charge in [-0.05, 0) is 60.0 Å². The van der Waals surface area contributed by atoms with E-state index < -0.39 is 5.60 Å². The standard InChI is InChI=1S/C18H31N3O3/c1-17(2,3)24-16(23)21-10-6-14(21)15(22)20-9-5-7-18(13-20)8-11-19(4)12-18/h14H,5-13H2,1-4H3/t14-,18+/m1/s1. The third-order valence-corrected chi connectivity index (χ3v) is 5.53. The van der Waals surface area contributed by atoms with Gasteiger partial charge in [-0.15, -0.1) is 0 Å². The molecular formula is C18H31N3O3. The summed E-state index contributed by atoms with van der Waals surface area (Å²) in [7, 11) is 2.16. The minimum Gasteiger partial charge on any atom is -0.444 e. The Hall–Kier alpha value is -1.30. The Morgan fingerprint density at radius 1 is 1.08 bits per heavy atom. The first-order valence-corrected chi connectivity index (χ1v) is 9.16. The van der Waals surface area contributed by atoms with Crippen molar-refractivity contribution in [3.63, 3.8) is 0 Å². The van der Waals surface area contributed by atoms with Crippen LogP contribution in [0.1, 0.15) is 46.5 Å². The van der Waals surface area contributed by atoms with Gasteiger partial charge < -0.3 is 14.5 Å². The normalized spacial score (nSPS) is 31.2. The van der Waals surface area contributed by atoms with E-state index in [0.717, 1.165) is 39.0 Å². The van der Waals surface area contributed by atoms with E-state index in [9.17, 15) is 9.59 Å². The highest BCUT2D eigenvalue weighted by Crippen LogP contribution is 2.39. The second-order valence-corrected chi connectivity index (χ2v) is 8.83. The molecule has 6 heteroatoms. The van der Waals surface area contributed by atoms with Crippen molar-refractivity contribution in [1.29, 1.82) is 0 Å². The maximum absolute atomic E-state index is 12.9. The molecule has 2 atom stereocenters. The molecule has 0 saturated carbocycles. The van der Waals surface area contributed by atoms with Crippen LogP contribution in [0, 0.1) is 5.41 Å². The number of hydrogen-bond acceptors (Lipinski definition) is 4. The summed E-state index contributed by atoms with van der Waals surface area (Å²) in [5.74, 6) is 0.112. The fourth-order valence-electron chi connectivity index (χ4n) is 4.28. The number of rotatable bonds is 1. The molecule has 3 fully saturated rings. The molecule has 0 radical (unpaired) electrons. The van der Waals surface area contributed by atoms with Crippen LogP contribution in [0.4, 0.5) is 4.79 Å². The van der Waals surface area contributed by atoms with Crippen LogP contribution in [-0.2, 0) is 9.53 Å². The Bertz CT molecular complexity index is 512. The molecule has 24 heavy (non-hydrogen) atoms. The first-order chi connectivity index (χ1) is 11.2. The number of amides is 2. The molecule has 3 aliphatic heterocycles. The van der Waals surface area contributed by atoms with Gasteiger partial charge in [0.05, 0.1) is 0 Å². The van der Waals surface area contributed by atoms with Gasteiger partial charge in [0.25, 0.3) is 0 Å². The third kappa shape index (κ3) is 3.53. The summed E-state index contributed by atoms with van der Waals surface area (Å²) in [6.07, 6.45) is 3.84. The van der Waals surface area contributed by atoms with Crippen LogP contribution >= 0.6 is 0 Å². The molecular weight excluding hydrogens is 306 g/mol. The van der Waals surface area contributed by atoms with Gasteiger partial charge in [-0.1, -0.05) is 0 Å². The van der Waals surface area contributed by atoms with Gasteiger partial charge in [-0.25, -0.2) is 4.79 Å². The lowest BCUT2D eigenvalue weighted by molar-refractivity contribution is -0.144. The fourth-order valence-corrected chi connectivity index (χ4v) is 4.28. The molecule has 1 spiro atoms. The first kappa shape index (κ1) is 17.5. The number of hydrogen-bond donors (Lipinski definition) is 0. The molecule has 0 aliphatic carbocycles. The average molecular weight is 337 g/mol. The van der Waals surface area contributed by atoms with Crippen LogP contribution in [0.3, 0.4) is 0 Å². The van der Waals surface area contributed by atoms with Crippen molar-refractivity contribution in [2.45, 2.75) is 58.1 Å². The van der Waals surface area contributed by atoms with E-state index in [1.165, 1.54) is 12.8 Å². The van der Waals surface area contributed by atoms with Gasteiger partial charge in [0.2, 0.25) is 5.91 Å². The number of piperidine rings is 1. The lowest BCUT2D eigenvalue weighted by Gasteiger charge is -2.46. The van der Waals surface area contributed by atoms with E-state index in [4.69, 9.17) is 4.74 Å². The number of carbonyl (C=O) groups is 2. The molecule has 0 aromatic heterocycles. The molecule has 0 aromatic rings. The number of ether oxygens (including phenoxy) is 1. The molecule has 3 rings (SSSR count). The topological polar surface area (TPSA) is 53.1 Å². The highest BCUT2D eigenvalue weighted by atomic mass is 16.6. The number of carbonyl (C=O) groups excluding carboxylic acids is 2. The minimum atomic E-state index is -0.524. The zero-order valence-corrected chi connectivity index (χ0v) is 15.5. The fraction of sp³-hybridized carbons (Fsp3) is 0.889. The van der Waals surface area contributed by atoms with Gasteiger partial charge in [0, 0.05) is 31.6 Å². The second kappa shape index (κ2) is 6.21. The Morgan fingerprint density at radius 2 is 1.83 bits per heavy atom. The SMILES string of the molecule is CN1CC[C@@]2(CCCN(C(=O)[C@H]3CCN3C(=O)OC(C)(C)C)C2)C1. The van der Waals surface area contributed by atoms with Crippen LogP contribution in [-0.4, -0.2) is 78.1 Å². The van der Waals surface area contributed by atoms with E-state index in [2.05, 4.69) is 11.9 Å². The van der Waals surface area contributed by atoms with Crippen LogP contribution in [0.5, 0.6) is 0 Å². The van der Waals surface area contributed by atoms with Crippen LogP contribution in [0.25, 0.3) is 0 Å². The van der Waals surface area contributed by atoms with Crippen molar-refractivity contribution in [3.8, 4) is 0 Å². The lowest BCUT2D eigenvalue weighted by Crippen LogP contribution is -2.61. The molecule has 0 N–H and O–H groups in total. The summed E-state index contributed by atoms with van der Waals surface area (Å²) in [5.41, 5.74) is -0.257. The Labute approximate surface area is 145 Å². The molecule has 3 heterocycles. The van der Waals surface area contributed by atoms with Gasteiger partial charge in [-0.2, -0.15) is 0 Å². The lowest BCUT2D eigenvalue weighted by atomic mass is 9.79. The van der Waals surface area contributed by atoms with Crippen molar-refractivity contribution < 1.29 is 14.3 Å². The molecule has 3 aliphatic rings. The molecule has 0 unspecified atom stereocenters. The summed E-state index contributed by atoms with van der Waals surface area (Å²) in [5, 5.41) is 0. The molecule has 3 saturated heterocycles. The summed E-state index contributed by atoms with van der Waals surface area (Å²) in [6, 6.07) is -0.325. The minimum absolute atomic E-state index is 0.112. The zero-order valence-electron chi connectivity index (χ0n) is 15.5. The zero-order chi connectivity index (χ0) is 17.5. The maximum atomic E-state index is 12.9. The van der Waals surface area contributed by atoms with Gasteiger partial charge in [0.1, 0.15) is 11.6 Å². The smallest absolute Gasteiger partial charge is 0.410 e. The highest BCUT2D eigenvalue weighted by molar-refractivity contribution is 5.87. The Morgan fingerprint density at radius 3 is 2.38 bits per heavy atom. The van der Waals surface area contributed by atoms with E-state index >= 15 is 0 Å². The summed E-state index contributed by atoms with van der Waals surface area (Å²) >= 11 is 0. The van der Waals surface area contributed by atoms with Gasteiger partial charge >= 0.3 is 6.09 Å². The molecule has 136 valence electrons. The molecule has 0 bridgehead atoms. The summed E-state index contributed by atoms with van der Waals surface area (Å²) < 4.78 is 5.43. The monoisotopic (exact) mass is 337 g/mol. The van der Waals surface area contributed by atoms with E-state index in [-0.39, 0.29) is 23.5 Å². The largest absolute Gasteiger partial charge is 0.444 e. The van der Waals surface area contributed by atoms with E-state index in [1.807, 2.05) is 25.7 Å². The molecule has 6 nitrogen and oxygen atoms in total. The number of likely N-dealkylation sites (tertiary alicyclic amines) is 3. The van der Waals surface area contributed by atoms with Crippen LogP contribution in [0.15, 0.2) is 0 Å². The Kier molecular flexibility index (Phi) is 4.53. The summed E-state index contributed by atoms with van der Waals surface area (Å²) in [6.45, 7) is 10.0. The maximum Gasteiger partial charge on any atom is 0.410 e. The highest BCUT2D eigenvalue weighted by Gasteiger charge is 2.46. The third-order valence-electron chi connectivity index (χ3n) is 5.53. The van der Waals surface area contributed by atoms with Gasteiger partial charge in [-0.3, -0.25) is 9.69 Å². The predicted octanol–water partition coefficient (Wildman–Crippen LogP) is 1.94. The first-order valence-electron chi connectivity index (χ1n) is 9.16. The number of nitrogens with zero attached hydrogens (tertiary/aromatic N) is 3. The van der Waals surface area contributed by atoms with Crippen molar-refractivity contribution in [3.05, 3.63) is 0 Å². The van der Waals surface area contributed by atoms with Crippen molar-refractivity contribution in [1.82, 2.24) is 14.7 Å². The van der Waals surface area contributed by atoms with Crippen LogP contribution in [0.2, 0.25) is 0 Å². The van der Waals surface area contributed by atoms with Crippen molar-refractivity contribution in [2.24, 2.45) is 5.41 Å². The average Bonchev–Trinajstić information content (AvgIpc) is 2.76. The van der Waals surface area contributed by atoms with E-state index in [1.54, 1.807) is 4.90 Å². The molecule has 2 amide bonds. The van der Waals surface area contributed by atoms with Crippen molar-refractivity contribution in [2.75, 3.05) is 39.8 Å². The predicted molar refractivity (Wildman–Crippen MR) is 91.7 cm³/mol.